The number of anilines is 3. The Hall–Kier alpha value is -2.40. The highest BCUT2D eigenvalue weighted by atomic mass is 32.1. The van der Waals surface area contributed by atoms with Crippen LogP contribution in [0.3, 0.4) is 0 Å². The minimum absolute atomic E-state index is 0.747. The number of rotatable bonds is 3. The predicted octanol–water partition coefficient (Wildman–Crippen LogP) is 3.84. The van der Waals surface area contributed by atoms with Crippen molar-refractivity contribution in [2.75, 3.05) is 11.1 Å². The molecule has 2 aromatic carbocycles. The summed E-state index contributed by atoms with van der Waals surface area (Å²) < 4.78 is 0. The standard InChI is InChI=1S/C15H14N4S/c1-10-4-2-3-5-13(10)17-15-19-18-14(20-15)11-6-8-12(16)9-7-11/h2-9H,16H2,1H3,(H,17,19). The topological polar surface area (TPSA) is 63.8 Å². The molecule has 0 bridgehead atoms. The quantitative estimate of drug-likeness (QED) is 0.716. The van der Waals surface area contributed by atoms with Gasteiger partial charge in [-0.2, -0.15) is 0 Å². The molecule has 20 heavy (non-hydrogen) atoms. The van der Waals surface area contributed by atoms with Crippen LogP contribution in [-0.4, -0.2) is 10.2 Å². The Morgan fingerprint density at radius 3 is 2.50 bits per heavy atom. The smallest absolute Gasteiger partial charge is 0.210 e. The highest BCUT2D eigenvalue weighted by Crippen LogP contribution is 2.29. The number of aryl methyl sites for hydroxylation is 1. The molecule has 3 N–H and O–H groups in total. The lowest BCUT2D eigenvalue weighted by molar-refractivity contribution is 1.10. The Labute approximate surface area is 121 Å². The predicted molar refractivity (Wildman–Crippen MR) is 84.2 cm³/mol. The van der Waals surface area contributed by atoms with Crippen molar-refractivity contribution in [1.82, 2.24) is 10.2 Å². The fourth-order valence-electron chi connectivity index (χ4n) is 1.84. The number of benzene rings is 2. The van der Waals surface area contributed by atoms with Gasteiger partial charge in [-0.05, 0) is 42.8 Å². The van der Waals surface area contributed by atoms with Crippen molar-refractivity contribution in [3.8, 4) is 10.6 Å². The minimum Gasteiger partial charge on any atom is -0.399 e. The molecule has 100 valence electrons. The Bertz CT molecular complexity index is 719. The maximum Gasteiger partial charge on any atom is 0.210 e. The fourth-order valence-corrected chi connectivity index (χ4v) is 2.61. The van der Waals surface area contributed by atoms with Gasteiger partial charge >= 0.3 is 0 Å². The number of nitrogens with two attached hydrogens (primary N) is 1. The molecule has 0 aliphatic carbocycles. The lowest BCUT2D eigenvalue weighted by atomic mass is 10.2. The second-order valence-corrected chi connectivity index (χ2v) is 5.45. The molecule has 1 aromatic heterocycles. The molecule has 0 fully saturated rings. The van der Waals surface area contributed by atoms with Crippen LogP contribution in [0.25, 0.3) is 10.6 Å². The van der Waals surface area contributed by atoms with Crippen LogP contribution in [0.1, 0.15) is 5.56 Å². The van der Waals surface area contributed by atoms with Crippen LogP contribution < -0.4 is 11.1 Å². The maximum atomic E-state index is 5.68. The molecule has 0 saturated heterocycles. The normalized spacial score (nSPS) is 10.4. The lowest BCUT2D eigenvalue weighted by Crippen LogP contribution is -1.91. The summed E-state index contributed by atoms with van der Waals surface area (Å²) in [5.74, 6) is 0. The van der Waals surface area contributed by atoms with Gasteiger partial charge < -0.3 is 11.1 Å². The molecule has 0 atom stereocenters. The molecule has 4 nitrogen and oxygen atoms in total. The first-order chi connectivity index (χ1) is 9.72. The third kappa shape index (κ3) is 2.62. The van der Waals surface area contributed by atoms with E-state index < -0.39 is 0 Å². The van der Waals surface area contributed by atoms with E-state index in [-0.39, 0.29) is 0 Å². The van der Waals surface area contributed by atoms with Gasteiger partial charge in [-0.1, -0.05) is 29.5 Å². The Balaban J connectivity index is 1.84. The van der Waals surface area contributed by atoms with Gasteiger partial charge in [-0.3, -0.25) is 0 Å². The minimum atomic E-state index is 0.747. The van der Waals surface area contributed by atoms with Gasteiger partial charge in [0.2, 0.25) is 5.13 Å². The zero-order valence-corrected chi connectivity index (χ0v) is 11.8. The van der Waals surface area contributed by atoms with Crippen molar-refractivity contribution < 1.29 is 0 Å². The molecule has 3 aromatic rings. The van der Waals surface area contributed by atoms with Crippen LogP contribution >= 0.6 is 11.3 Å². The molecular formula is C15H14N4S. The van der Waals surface area contributed by atoms with E-state index in [1.165, 1.54) is 16.9 Å². The van der Waals surface area contributed by atoms with E-state index in [4.69, 9.17) is 5.73 Å². The number of nitrogens with one attached hydrogen (secondary N) is 1. The molecule has 0 radical (unpaired) electrons. The summed E-state index contributed by atoms with van der Waals surface area (Å²) >= 11 is 1.52. The van der Waals surface area contributed by atoms with E-state index in [9.17, 15) is 0 Å². The first-order valence-electron chi connectivity index (χ1n) is 6.24. The SMILES string of the molecule is Cc1ccccc1Nc1nnc(-c2ccc(N)cc2)s1. The van der Waals surface area contributed by atoms with Gasteiger partial charge in [-0.25, -0.2) is 0 Å². The molecule has 3 rings (SSSR count). The molecule has 5 heteroatoms. The van der Waals surface area contributed by atoms with E-state index in [2.05, 4.69) is 28.5 Å². The molecule has 0 aliphatic rings. The lowest BCUT2D eigenvalue weighted by Gasteiger charge is -2.04. The number of aromatic nitrogens is 2. The highest BCUT2D eigenvalue weighted by Gasteiger charge is 2.07. The van der Waals surface area contributed by atoms with E-state index in [0.29, 0.717) is 0 Å². The van der Waals surface area contributed by atoms with E-state index in [1.807, 2.05) is 42.5 Å². The van der Waals surface area contributed by atoms with Crippen LogP contribution in [0.4, 0.5) is 16.5 Å². The molecule has 0 amide bonds. The summed E-state index contributed by atoms with van der Waals surface area (Å²) in [6, 6.07) is 15.7. The number of nitrogens with zero attached hydrogens (tertiary/aromatic N) is 2. The summed E-state index contributed by atoms with van der Waals surface area (Å²) in [6.45, 7) is 2.06. The van der Waals surface area contributed by atoms with Crippen LogP contribution in [-0.2, 0) is 0 Å². The summed E-state index contributed by atoms with van der Waals surface area (Å²) in [7, 11) is 0. The number of nitrogen functional groups attached to an aromatic ring is 1. The van der Waals surface area contributed by atoms with Crippen molar-refractivity contribution in [3.63, 3.8) is 0 Å². The van der Waals surface area contributed by atoms with E-state index in [0.717, 1.165) is 27.1 Å². The Morgan fingerprint density at radius 2 is 1.75 bits per heavy atom. The first kappa shape index (κ1) is 12.6. The maximum absolute atomic E-state index is 5.68. The monoisotopic (exact) mass is 282 g/mol. The Kier molecular flexibility index (Phi) is 3.35. The fraction of sp³-hybridized carbons (Fsp3) is 0.0667. The summed E-state index contributed by atoms with van der Waals surface area (Å²) in [5.41, 5.74) is 9.68. The first-order valence-corrected chi connectivity index (χ1v) is 7.06. The van der Waals surface area contributed by atoms with E-state index in [1.54, 1.807) is 0 Å². The van der Waals surface area contributed by atoms with Crippen LogP contribution in [0.15, 0.2) is 48.5 Å². The Morgan fingerprint density at radius 1 is 1.00 bits per heavy atom. The summed E-state index contributed by atoms with van der Waals surface area (Å²) in [5, 5.41) is 13.3. The van der Waals surface area contributed by atoms with Gasteiger partial charge in [0.15, 0.2) is 0 Å². The summed E-state index contributed by atoms with van der Waals surface area (Å²) in [4.78, 5) is 0. The van der Waals surface area contributed by atoms with Gasteiger partial charge in [-0.15, -0.1) is 10.2 Å². The van der Waals surface area contributed by atoms with Crippen LogP contribution in [0, 0.1) is 6.92 Å². The van der Waals surface area contributed by atoms with Crippen molar-refractivity contribution in [1.29, 1.82) is 0 Å². The van der Waals surface area contributed by atoms with Gasteiger partial charge in [0, 0.05) is 16.9 Å². The third-order valence-electron chi connectivity index (χ3n) is 2.97. The molecule has 0 spiro atoms. The second-order valence-electron chi connectivity index (χ2n) is 4.47. The molecule has 1 heterocycles. The zero-order valence-electron chi connectivity index (χ0n) is 11.0. The van der Waals surface area contributed by atoms with Gasteiger partial charge in [0.25, 0.3) is 0 Å². The van der Waals surface area contributed by atoms with Crippen LogP contribution in [0.2, 0.25) is 0 Å². The number of hydrogen-bond donors (Lipinski definition) is 2. The zero-order chi connectivity index (χ0) is 13.9. The molecule has 0 aliphatic heterocycles. The average Bonchev–Trinajstić information content (AvgIpc) is 2.91. The highest BCUT2D eigenvalue weighted by molar-refractivity contribution is 7.18. The molecule has 0 unspecified atom stereocenters. The largest absolute Gasteiger partial charge is 0.399 e. The number of para-hydroxylation sites is 1. The van der Waals surface area contributed by atoms with Crippen molar-refractivity contribution >= 4 is 27.8 Å². The van der Waals surface area contributed by atoms with Crippen LogP contribution in [0.5, 0.6) is 0 Å². The summed E-state index contributed by atoms with van der Waals surface area (Å²) in [6.07, 6.45) is 0. The van der Waals surface area contributed by atoms with Crippen molar-refractivity contribution in [2.45, 2.75) is 6.92 Å². The molecular weight excluding hydrogens is 268 g/mol. The van der Waals surface area contributed by atoms with Gasteiger partial charge in [0.05, 0.1) is 0 Å². The van der Waals surface area contributed by atoms with Crippen molar-refractivity contribution in [2.24, 2.45) is 0 Å². The molecule has 0 saturated carbocycles. The van der Waals surface area contributed by atoms with E-state index >= 15 is 0 Å². The third-order valence-corrected chi connectivity index (χ3v) is 3.86. The van der Waals surface area contributed by atoms with Crippen molar-refractivity contribution in [3.05, 3.63) is 54.1 Å². The number of hydrogen-bond acceptors (Lipinski definition) is 5. The second kappa shape index (κ2) is 5.30. The average molecular weight is 282 g/mol. The van der Waals surface area contributed by atoms with Gasteiger partial charge in [0.1, 0.15) is 5.01 Å².